The first kappa shape index (κ1) is 15.5. The smallest absolute Gasteiger partial charge is 0.284 e. The fourth-order valence-electron chi connectivity index (χ4n) is 2.09. The lowest BCUT2D eigenvalue weighted by Gasteiger charge is -2.07. The molecule has 0 N–H and O–H groups in total. The van der Waals surface area contributed by atoms with Gasteiger partial charge in [0.2, 0.25) is 0 Å². The summed E-state index contributed by atoms with van der Waals surface area (Å²) in [6.45, 7) is 7.46. The molecular formula is C16H17BrN2O2. The van der Waals surface area contributed by atoms with Crippen LogP contribution in [-0.2, 0) is 6.42 Å². The Labute approximate surface area is 132 Å². The molecule has 2 rings (SSSR count). The van der Waals surface area contributed by atoms with E-state index in [0.29, 0.717) is 12.2 Å². The van der Waals surface area contributed by atoms with Crippen LogP contribution in [0, 0.1) is 13.8 Å². The van der Waals surface area contributed by atoms with E-state index in [-0.39, 0.29) is 12.5 Å². The topological polar surface area (TPSA) is 44.1 Å². The number of aryl methyl sites for hydroxylation is 1. The van der Waals surface area contributed by atoms with Gasteiger partial charge in [0.25, 0.3) is 5.91 Å². The number of carbonyl (C=O) groups excluding carboxylic acids is 1. The number of hydrogen-bond acceptors (Lipinski definition) is 3. The number of allylic oxidation sites excluding steroid dienone is 1. The van der Waals surface area contributed by atoms with Gasteiger partial charge in [-0.15, -0.1) is 6.58 Å². The van der Waals surface area contributed by atoms with Crippen molar-refractivity contribution in [2.45, 2.75) is 20.3 Å². The van der Waals surface area contributed by atoms with Gasteiger partial charge in [-0.2, -0.15) is 5.10 Å². The Bertz CT molecular complexity index is 660. The molecule has 1 aromatic carbocycles. The standard InChI is InChI=1S/C16H17BrN2O2/c1-4-5-15-11(2)18-19(12(15)3)16(20)10-21-14-8-6-13(17)7-9-14/h4,6-9H,1,5,10H2,2-3H3. The molecule has 0 bridgehead atoms. The van der Waals surface area contributed by atoms with Crippen molar-refractivity contribution in [1.82, 2.24) is 9.78 Å². The van der Waals surface area contributed by atoms with Gasteiger partial charge in [-0.25, -0.2) is 4.68 Å². The molecule has 0 aliphatic heterocycles. The monoisotopic (exact) mass is 348 g/mol. The average molecular weight is 349 g/mol. The highest BCUT2D eigenvalue weighted by Crippen LogP contribution is 2.17. The van der Waals surface area contributed by atoms with E-state index in [1.54, 1.807) is 0 Å². The van der Waals surface area contributed by atoms with Gasteiger partial charge >= 0.3 is 0 Å². The Kier molecular flexibility index (Phi) is 4.96. The third-order valence-electron chi connectivity index (χ3n) is 3.20. The summed E-state index contributed by atoms with van der Waals surface area (Å²) in [5, 5.41) is 4.29. The zero-order chi connectivity index (χ0) is 15.4. The lowest BCUT2D eigenvalue weighted by Crippen LogP contribution is -2.21. The molecule has 4 nitrogen and oxygen atoms in total. The summed E-state index contributed by atoms with van der Waals surface area (Å²) in [4.78, 5) is 12.2. The Morgan fingerprint density at radius 1 is 1.38 bits per heavy atom. The Morgan fingerprint density at radius 2 is 2.05 bits per heavy atom. The summed E-state index contributed by atoms with van der Waals surface area (Å²) in [7, 11) is 0. The lowest BCUT2D eigenvalue weighted by molar-refractivity contribution is 0.0818. The van der Waals surface area contributed by atoms with Crippen LogP contribution in [0.5, 0.6) is 5.75 Å². The maximum atomic E-state index is 12.2. The molecule has 0 aliphatic carbocycles. The number of rotatable bonds is 5. The third-order valence-corrected chi connectivity index (χ3v) is 3.73. The van der Waals surface area contributed by atoms with Gasteiger partial charge in [0.15, 0.2) is 6.61 Å². The van der Waals surface area contributed by atoms with Gasteiger partial charge in [-0.3, -0.25) is 4.79 Å². The first-order chi connectivity index (χ1) is 10.0. The van der Waals surface area contributed by atoms with Crippen molar-refractivity contribution >= 4 is 21.8 Å². The van der Waals surface area contributed by atoms with E-state index in [0.717, 1.165) is 21.4 Å². The molecule has 0 aliphatic rings. The number of ether oxygens (including phenoxy) is 1. The van der Waals surface area contributed by atoms with Gasteiger partial charge in [-0.1, -0.05) is 22.0 Å². The molecule has 21 heavy (non-hydrogen) atoms. The molecule has 5 heteroatoms. The van der Waals surface area contributed by atoms with Crippen molar-refractivity contribution in [3.8, 4) is 5.75 Å². The first-order valence-electron chi connectivity index (χ1n) is 6.60. The summed E-state index contributed by atoms with van der Waals surface area (Å²) >= 11 is 3.35. The molecule has 2 aromatic rings. The number of aromatic nitrogens is 2. The van der Waals surface area contributed by atoms with Crippen LogP contribution in [0.3, 0.4) is 0 Å². The van der Waals surface area contributed by atoms with Crippen molar-refractivity contribution in [3.63, 3.8) is 0 Å². The van der Waals surface area contributed by atoms with Crippen molar-refractivity contribution in [2.24, 2.45) is 0 Å². The predicted molar refractivity (Wildman–Crippen MR) is 85.9 cm³/mol. The average Bonchev–Trinajstić information content (AvgIpc) is 2.75. The van der Waals surface area contributed by atoms with Crippen LogP contribution in [0.25, 0.3) is 0 Å². The largest absolute Gasteiger partial charge is 0.484 e. The molecule has 0 unspecified atom stereocenters. The highest BCUT2D eigenvalue weighted by Gasteiger charge is 2.16. The quantitative estimate of drug-likeness (QED) is 0.773. The molecule has 0 saturated heterocycles. The van der Waals surface area contributed by atoms with Crippen LogP contribution >= 0.6 is 15.9 Å². The molecule has 0 amide bonds. The molecule has 0 fully saturated rings. The van der Waals surface area contributed by atoms with Crippen LogP contribution in [-0.4, -0.2) is 22.3 Å². The van der Waals surface area contributed by atoms with Crippen molar-refractivity contribution in [3.05, 3.63) is 58.3 Å². The highest BCUT2D eigenvalue weighted by atomic mass is 79.9. The van der Waals surface area contributed by atoms with E-state index in [1.807, 2.05) is 44.2 Å². The van der Waals surface area contributed by atoms with Crippen molar-refractivity contribution < 1.29 is 9.53 Å². The summed E-state index contributed by atoms with van der Waals surface area (Å²) in [5.74, 6) is 0.466. The summed E-state index contributed by atoms with van der Waals surface area (Å²) < 4.78 is 7.87. The van der Waals surface area contributed by atoms with E-state index >= 15 is 0 Å². The van der Waals surface area contributed by atoms with Gasteiger partial charge in [0.05, 0.1) is 5.69 Å². The van der Waals surface area contributed by atoms with E-state index < -0.39 is 0 Å². The lowest BCUT2D eigenvalue weighted by atomic mass is 10.1. The molecule has 0 spiro atoms. The number of nitrogens with zero attached hydrogens (tertiary/aromatic N) is 2. The van der Waals surface area contributed by atoms with Crippen LogP contribution in [0.1, 0.15) is 21.7 Å². The van der Waals surface area contributed by atoms with E-state index in [1.165, 1.54) is 4.68 Å². The number of benzene rings is 1. The van der Waals surface area contributed by atoms with Crippen LogP contribution in [0.2, 0.25) is 0 Å². The molecule has 1 heterocycles. The van der Waals surface area contributed by atoms with Crippen molar-refractivity contribution in [2.75, 3.05) is 6.61 Å². The first-order valence-corrected chi connectivity index (χ1v) is 7.39. The maximum absolute atomic E-state index is 12.2. The minimum atomic E-state index is -0.186. The molecule has 0 radical (unpaired) electrons. The normalized spacial score (nSPS) is 10.4. The predicted octanol–water partition coefficient (Wildman–Crippen LogP) is 3.71. The van der Waals surface area contributed by atoms with Gasteiger partial charge in [0.1, 0.15) is 5.75 Å². The second-order valence-corrected chi connectivity index (χ2v) is 5.61. The second kappa shape index (κ2) is 6.72. The molecule has 110 valence electrons. The summed E-state index contributed by atoms with van der Waals surface area (Å²) in [6.07, 6.45) is 2.52. The second-order valence-electron chi connectivity index (χ2n) is 4.69. The Morgan fingerprint density at radius 3 is 2.67 bits per heavy atom. The maximum Gasteiger partial charge on any atom is 0.284 e. The minimum absolute atomic E-state index is 0.0445. The summed E-state index contributed by atoms with van der Waals surface area (Å²) in [5.41, 5.74) is 2.74. The Balaban J connectivity index is 2.08. The zero-order valence-corrected chi connectivity index (χ0v) is 13.7. The number of hydrogen-bond donors (Lipinski definition) is 0. The van der Waals surface area contributed by atoms with Crippen molar-refractivity contribution in [1.29, 1.82) is 0 Å². The summed E-state index contributed by atoms with van der Waals surface area (Å²) in [6, 6.07) is 7.35. The minimum Gasteiger partial charge on any atom is -0.484 e. The molecular weight excluding hydrogens is 332 g/mol. The van der Waals surface area contributed by atoms with E-state index in [9.17, 15) is 4.79 Å². The van der Waals surface area contributed by atoms with Gasteiger partial charge < -0.3 is 4.74 Å². The number of carbonyl (C=O) groups is 1. The third kappa shape index (κ3) is 3.61. The van der Waals surface area contributed by atoms with Crippen LogP contribution in [0.4, 0.5) is 0 Å². The SMILES string of the molecule is C=CCc1c(C)nn(C(=O)COc2ccc(Br)cc2)c1C. The van der Waals surface area contributed by atoms with Crippen LogP contribution in [0.15, 0.2) is 41.4 Å². The fraction of sp³-hybridized carbons (Fsp3) is 0.250. The Hall–Kier alpha value is -1.88. The van der Waals surface area contributed by atoms with E-state index in [4.69, 9.17) is 4.74 Å². The molecule has 0 saturated carbocycles. The van der Waals surface area contributed by atoms with Gasteiger partial charge in [-0.05, 0) is 44.5 Å². The number of halogens is 1. The van der Waals surface area contributed by atoms with Crippen LogP contribution < -0.4 is 4.74 Å². The zero-order valence-electron chi connectivity index (χ0n) is 12.1. The molecule has 1 aromatic heterocycles. The van der Waals surface area contributed by atoms with Gasteiger partial charge in [0, 0.05) is 15.7 Å². The molecule has 0 atom stereocenters. The highest BCUT2D eigenvalue weighted by molar-refractivity contribution is 9.10. The fourth-order valence-corrected chi connectivity index (χ4v) is 2.36. The van der Waals surface area contributed by atoms with E-state index in [2.05, 4.69) is 27.6 Å².